The second kappa shape index (κ2) is 10.3. The van der Waals surface area contributed by atoms with E-state index in [2.05, 4.69) is 10.5 Å². The molecule has 1 amide bonds. The number of halogens is 1. The minimum absolute atomic E-state index is 0.0322. The van der Waals surface area contributed by atoms with Crippen molar-refractivity contribution in [1.82, 2.24) is 15.0 Å². The van der Waals surface area contributed by atoms with Crippen LogP contribution in [0.5, 0.6) is 11.5 Å². The number of fused-ring (bicyclic) bond motifs is 3. The highest BCUT2D eigenvalue weighted by molar-refractivity contribution is 7.99. The van der Waals surface area contributed by atoms with E-state index in [4.69, 9.17) is 16.6 Å². The molecule has 0 aliphatic heterocycles. The first-order valence-corrected chi connectivity index (χ1v) is 13.4. The molecule has 0 atom stereocenters. The van der Waals surface area contributed by atoms with Gasteiger partial charge in [0.2, 0.25) is 0 Å². The molecule has 8 nitrogen and oxygen atoms in total. The zero-order chi connectivity index (χ0) is 25.2. The molecule has 5 rings (SSSR count). The second-order valence-electron chi connectivity index (χ2n) is 8.23. The summed E-state index contributed by atoms with van der Waals surface area (Å²) in [5, 5.41) is 24.7. The number of nitrogens with zero attached hydrogens (tertiary/aromatic N) is 3. The van der Waals surface area contributed by atoms with Crippen molar-refractivity contribution in [3.05, 3.63) is 73.8 Å². The molecule has 2 aromatic carbocycles. The number of amides is 1. The molecule has 0 unspecified atom stereocenters. The minimum Gasteiger partial charge on any atom is -0.508 e. The molecule has 0 radical (unpaired) electrons. The summed E-state index contributed by atoms with van der Waals surface area (Å²) in [6.07, 6.45) is 5.27. The van der Waals surface area contributed by atoms with Gasteiger partial charge >= 0.3 is 0 Å². The van der Waals surface area contributed by atoms with Gasteiger partial charge in [-0.2, -0.15) is 5.10 Å². The molecule has 3 N–H and O–H groups in total. The first-order valence-electron chi connectivity index (χ1n) is 11.2. The zero-order valence-corrected chi connectivity index (χ0v) is 21.3. The number of thioether (sulfide) groups is 1. The van der Waals surface area contributed by atoms with Gasteiger partial charge in [0.15, 0.2) is 5.16 Å². The topological polar surface area (TPSA) is 117 Å². The highest BCUT2D eigenvalue weighted by Crippen LogP contribution is 2.35. The van der Waals surface area contributed by atoms with E-state index in [0.717, 1.165) is 43.0 Å². The van der Waals surface area contributed by atoms with Crippen LogP contribution in [0, 0.1) is 0 Å². The number of thiophene rings is 1. The van der Waals surface area contributed by atoms with Gasteiger partial charge in [0.05, 0.1) is 23.0 Å². The number of hydrazone groups is 1. The van der Waals surface area contributed by atoms with Crippen LogP contribution in [0.1, 0.15) is 28.8 Å². The van der Waals surface area contributed by atoms with Crippen LogP contribution in [0.2, 0.25) is 5.02 Å². The lowest BCUT2D eigenvalue weighted by molar-refractivity contribution is -0.118. The molecule has 0 bridgehead atoms. The Hall–Kier alpha value is -3.34. The molecular formula is C25H21ClN4O4S2. The summed E-state index contributed by atoms with van der Waals surface area (Å²) in [6.45, 7) is 0. The molecule has 0 saturated heterocycles. The predicted octanol–water partition coefficient (Wildman–Crippen LogP) is 4.63. The van der Waals surface area contributed by atoms with Crippen molar-refractivity contribution >= 4 is 57.0 Å². The number of phenolic OH excluding ortho intramolecular Hbond substituents is 2. The average Bonchev–Trinajstić information content (AvgIpc) is 3.23. The van der Waals surface area contributed by atoms with Crippen LogP contribution in [0.3, 0.4) is 0 Å². The van der Waals surface area contributed by atoms with Gasteiger partial charge in [0.25, 0.3) is 11.5 Å². The predicted molar refractivity (Wildman–Crippen MR) is 143 cm³/mol. The summed E-state index contributed by atoms with van der Waals surface area (Å²) in [7, 11) is 0. The number of aryl methyl sites for hydroxylation is 2. The summed E-state index contributed by atoms with van der Waals surface area (Å²) >= 11 is 8.76. The molecule has 0 saturated carbocycles. The maximum atomic E-state index is 13.7. The van der Waals surface area contributed by atoms with Gasteiger partial charge in [-0.05, 0) is 67.6 Å². The van der Waals surface area contributed by atoms with Crippen LogP contribution in [0.4, 0.5) is 0 Å². The van der Waals surface area contributed by atoms with Crippen LogP contribution in [-0.4, -0.2) is 37.6 Å². The Morgan fingerprint density at radius 3 is 2.75 bits per heavy atom. The van der Waals surface area contributed by atoms with E-state index < -0.39 is 5.91 Å². The molecule has 36 heavy (non-hydrogen) atoms. The minimum atomic E-state index is -0.406. The van der Waals surface area contributed by atoms with Crippen LogP contribution >= 0.6 is 34.7 Å². The average molecular weight is 541 g/mol. The molecule has 184 valence electrons. The van der Waals surface area contributed by atoms with Gasteiger partial charge < -0.3 is 10.2 Å². The van der Waals surface area contributed by atoms with E-state index in [9.17, 15) is 19.8 Å². The number of aromatic nitrogens is 2. The Bertz CT molecular complexity index is 1550. The van der Waals surface area contributed by atoms with Crippen molar-refractivity contribution in [1.29, 1.82) is 0 Å². The molecule has 4 aromatic rings. The van der Waals surface area contributed by atoms with E-state index in [1.54, 1.807) is 35.6 Å². The fraction of sp³-hybridized carbons (Fsp3) is 0.200. The lowest BCUT2D eigenvalue weighted by Gasteiger charge is -2.13. The fourth-order valence-electron chi connectivity index (χ4n) is 4.08. The lowest BCUT2D eigenvalue weighted by atomic mass is 9.97. The molecule has 1 aliphatic rings. The van der Waals surface area contributed by atoms with Gasteiger partial charge in [-0.15, -0.1) is 11.3 Å². The zero-order valence-electron chi connectivity index (χ0n) is 18.9. The summed E-state index contributed by atoms with van der Waals surface area (Å²) in [6, 6.07) is 11.0. The smallest absolute Gasteiger partial charge is 0.267 e. The lowest BCUT2D eigenvalue weighted by Crippen LogP contribution is -2.24. The summed E-state index contributed by atoms with van der Waals surface area (Å²) in [5.74, 6) is -0.675. The molecule has 2 heterocycles. The number of benzene rings is 2. The number of phenols is 2. The van der Waals surface area contributed by atoms with Crippen LogP contribution in [0.15, 0.2) is 57.5 Å². The van der Waals surface area contributed by atoms with Crippen molar-refractivity contribution < 1.29 is 15.0 Å². The molecule has 0 fully saturated rings. The number of nitrogens with one attached hydrogen (secondary N) is 1. The number of rotatable bonds is 6. The van der Waals surface area contributed by atoms with Crippen molar-refractivity contribution in [3.8, 4) is 17.2 Å². The standard InChI is InChI=1S/C25H21ClN4O4S2/c26-15-6-8-16(9-7-15)30-24(34)22-18-3-1-2-4-20(18)36-23(22)28-25(30)35-13-21(33)29-27-12-14-5-10-17(31)11-19(14)32/h5-12,31-32H,1-4,13H2,(H,29,33). The first kappa shape index (κ1) is 24.4. The number of hydrogen-bond acceptors (Lipinski definition) is 8. The number of carbonyl (C=O) groups is 1. The third-order valence-corrected chi connectivity index (χ3v) is 8.16. The Labute approximate surface area is 219 Å². The van der Waals surface area contributed by atoms with Crippen molar-refractivity contribution in [2.75, 3.05) is 5.75 Å². The molecule has 1 aliphatic carbocycles. The molecular weight excluding hydrogens is 520 g/mol. The van der Waals surface area contributed by atoms with E-state index in [0.29, 0.717) is 31.6 Å². The van der Waals surface area contributed by atoms with Gasteiger partial charge in [0.1, 0.15) is 16.3 Å². The Balaban J connectivity index is 1.42. The Morgan fingerprint density at radius 1 is 1.19 bits per heavy atom. The number of carbonyl (C=O) groups excluding carboxylic acids is 1. The van der Waals surface area contributed by atoms with Crippen molar-refractivity contribution in [2.24, 2.45) is 5.10 Å². The summed E-state index contributed by atoms with van der Waals surface area (Å²) < 4.78 is 1.54. The third kappa shape index (κ3) is 4.97. The van der Waals surface area contributed by atoms with Gasteiger partial charge in [0, 0.05) is 21.5 Å². The van der Waals surface area contributed by atoms with Crippen LogP contribution < -0.4 is 11.0 Å². The van der Waals surface area contributed by atoms with Crippen molar-refractivity contribution in [3.63, 3.8) is 0 Å². The number of hydrogen-bond donors (Lipinski definition) is 3. The number of aromatic hydroxyl groups is 2. The monoisotopic (exact) mass is 540 g/mol. The summed E-state index contributed by atoms with van der Waals surface area (Å²) in [4.78, 5) is 32.9. The second-order valence-corrected chi connectivity index (χ2v) is 10.7. The molecule has 2 aromatic heterocycles. The van der Waals surface area contributed by atoms with Crippen LogP contribution in [-0.2, 0) is 17.6 Å². The SMILES string of the molecule is O=C(CSc1nc2sc3c(c2c(=O)n1-c1ccc(Cl)cc1)CCCC3)NN=Cc1ccc(O)cc1O. The molecule has 0 spiro atoms. The largest absolute Gasteiger partial charge is 0.508 e. The van der Waals surface area contributed by atoms with Gasteiger partial charge in [-0.25, -0.2) is 10.4 Å². The normalized spacial score (nSPS) is 13.2. The first-order chi connectivity index (χ1) is 17.4. The maximum absolute atomic E-state index is 13.7. The van der Waals surface area contributed by atoms with Crippen molar-refractivity contribution in [2.45, 2.75) is 30.8 Å². The summed E-state index contributed by atoms with van der Waals surface area (Å²) in [5.41, 5.74) is 4.32. The highest BCUT2D eigenvalue weighted by Gasteiger charge is 2.23. The van der Waals surface area contributed by atoms with E-state index in [1.165, 1.54) is 33.9 Å². The van der Waals surface area contributed by atoms with Gasteiger partial charge in [-0.1, -0.05) is 23.4 Å². The Morgan fingerprint density at radius 2 is 1.97 bits per heavy atom. The van der Waals surface area contributed by atoms with Gasteiger partial charge in [-0.3, -0.25) is 14.2 Å². The molecule has 11 heteroatoms. The fourth-order valence-corrected chi connectivity index (χ4v) is 6.31. The maximum Gasteiger partial charge on any atom is 0.267 e. The quantitative estimate of drug-likeness (QED) is 0.142. The van der Waals surface area contributed by atoms with E-state index in [1.807, 2.05) is 0 Å². The third-order valence-electron chi connectivity index (χ3n) is 5.78. The Kier molecular flexibility index (Phi) is 6.99. The highest BCUT2D eigenvalue weighted by atomic mass is 35.5. The van der Waals surface area contributed by atoms with E-state index in [-0.39, 0.29) is 22.8 Å². The van der Waals surface area contributed by atoms with Crippen LogP contribution in [0.25, 0.3) is 15.9 Å². The van der Waals surface area contributed by atoms with E-state index >= 15 is 0 Å².